The highest BCUT2D eigenvalue weighted by atomic mass is 35.5. The van der Waals surface area contributed by atoms with Gasteiger partial charge in [0.2, 0.25) is 0 Å². The van der Waals surface area contributed by atoms with E-state index in [0.717, 1.165) is 29.8 Å². The molecule has 2 amide bonds. The number of carbonyl (C=O) groups is 2. The first-order valence-electron chi connectivity index (χ1n) is 18.4. The summed E-state index contributed by atoms with van der Waals surface area (Å²) in [5, 5.41) is 20.4. The standard InChI is InChI=1S/C44H44ClN5O5/c1-28-31(10-7-11-42(28)54-4)25-49(34-12-14-36(51)15-13-34)43(52)37-23-41(47(3)29(37)2)38-22-40(45)33(24-46)21-39(38)44(53)50-26-32-9-6-5-8-30(32)20-35(50)27-48-16-18-55-19-17-48/h5-15,21-23,35,51H,16-20,25-27H2,1-4H3/t35-/m0/s1. The summed E-state index contributed by atoms with van der Waals surface area (Å²) in [6.07, 6.45) is 0.703. The van der Waals surface area contributed by atoms with Crippen LogP contribution in [-0.4, -0.2) is 77.3 Å². The Labute approximate surface area is 326 Å². The fourth-order valence-corrected chi connectivity index (χ4v) is 7.93. The SMILES string of the molecule is COc1cccc(CN(C(=O)c2cc(-c3cc(Cl)c(C#N)cc3C(=O)N3Cc4ccccc4C[C@H]3CN3CCOCC3)n(C)c2C)c2ccc(O)cc2)c1C. The van der Waals surface area contributed by atoms with Gasteiger partial charge in [-0.05, 0) is 91.1 Å². The predicted octanol–water partition coefficient (Wildman–Crippen LogP) is 7.29. The number of morpholine rings is 1. The average molecular weight is 758 g/mol. The van der Waals surface area contributed by atoms with Crippen LogP contribution in [0.2, 0.25) is 5.02 Å². The molecule has 1 N–H and O–H groups in total. The molecule has 7 rings (SSSR count). The minimum atomic E-state index is -0.266. The third-order valence-electron chi connectivity index (χ3n) is 11.0. The van der Waals surface area contributed by atoms with Crippen molar-refractivity contribution in [2.75, 3.05) is 44.9 Å². The van der Waals surface area contributed by atoms with Gasteiger partial charge in [-0.3, -0.25) is 14.5 Å². The first-order valence-corrected chi connectivity index (χ1v) is 18.8. The van der Waals surface area contributed by atoms with Gasteiger partial charge in [0.15, 0.2) is 0 Å². The van der Waals surface area contributed by atoms with Gasteiger partial charge >= 0.3 is 0 Å². The molecule has 55 heavy (non-hydrogen) atoms. The zero-order valence-corrected chi connectivity index (χ0v) is 32.3. The number of nitriles is 1. The molecule has 1 fully saturated rings. The van der Waals surface area contributed by atoms with Crippen LogP contribution in [0.15, 0.2) is 84.9 Å². The zero-order valence-electron chi connectivity index (χ0n) is 31.5. The maximum Gasteiger partial charge on any atom is 0.260 e. The van der Waals surface area contributed by atoms with Gasteiger partial charge in [-0.1, -0.05) is 48.0 Å². The third kappa shape index (κ3) is 7.56. The number of anilines is 1. The topological polar surface area (TPSA) is 111 Å². The minimum absolute atomic E-state index is 0.0890. The molecule has 10 nitrogen and oxygen atoms in total. The number of hydrogen-bond acceptors (Lipinski definition) is 7. The molecule has 0 aliphatic carbocycles. The van der Waals surface area contributed by atoms with Crippen LogP contribution >= 0.6 is 11.6 Å². The zero-order chi connectivity index (χ0) is 38.8. The number of rotatable bonds is 9. The van der Waals surface area contributed by atoms with Crippen molar-refractivity contribution in [1.29, 1.82) is 5.26 Å². The number of aromatic nitrogens is 1. The van der Waals surface area contributed by atoms with E-state index in [9.17, 15) is 20.0 Å². The molecule has 4 aromatic carbocycles. The molecule has 1 aromatic heterocycles. The lowest BCUT2D eigenvalue weighted by Gasteiger charge is -2.40. The Bertz CT molecular complexity index is 2290. The summed E-state index contributed by atoms with van der Waals surface area (Å²) in [4.78, 5) is 35.7. The highest BCUT2D eigenvalue weighted by Gasteiger charge is 2.34. The van der Waals surface area contributed by atoms with E-state index >= 15 is 0 Å². The third-order valence-corrected chi connectivity index (χ3v) is 11.4. The smallest absolute Gasteiger partial charge is 0.260 e. The Hall–Kier alpha value is -5.60. The first-order chi connectivity index (χ1) is 26.6. The Balaban J connectivity index is 1.30. The normalized spacial score (nSPS) is 15.6. The van der Waals surface area contributed by atoms with Crippen LogP contribution in [0.5, 0.6) is 11.5 Å². The van der Waals surface area contributed by atoms with Gasteiger partial charge in [-0.15, -0.1) is 0 Å². The molecule has 0 spiro atoms. The summed E-state index contributed by atoms with van der Waals surface area (Å²) in [5.74, 6) is 0.333. The maximum atomic E-state index is 15.0. The van der Waals surface area contributed by atoms with Crippen molar-refractivity contribution < 1.29 is 24.2 Å². The molecule has 11 heteroatoms. The van der Waals surface area contributed by atoms with Gasteiger partial charge < -0.3 is 28.9 Å². The lowest BCUT2D eigenvalue weighted by atomic mass is 9.91. The van der Waals surface area contributed by atoms with Gasteiger partial charge in [0.05, 0.1) is 48.6 Å². The molecule has 1 saturated heterocycles. The summed E-state index contributed by atoms with van der Waals surface area (Å²) < 4.78 is 13.1. The van der Waals surface area contributed by atoms with Gasteiger partial charge in [0.1, 0.15) is 17.6 Å². The average Bonchev–Trinajstić information content (AvgIpc) is 3.50. The van der Waals surface area contributed by atoms with Crippen molar-refractivity contribution >= 4 is 29.1 Å². The van der Waals surface area contributed by atoms with Crippen molar-refractivity contribution in [3.8, 4) is 28.8 Å². The summed E-state index contributed by atoms with van der Waals surface area (Å²) in [7, 11) is 3.48. The molecule has 0 bridgehead atoms. The maximum absolute atomic E-state index is 15.0. The number of hydrogen-bond donors (Lipinski definition) is 1. The summed E-state index contributed by atoms with van der Waals surface area (Å²) in [5.41, 5.74) is 7.53. The summed E-state index contributed by atoms with van der Waals surface area (Å²) in [6, 6.07) is 27.6. The molecule has 1 atom stereocenters. The number of halogens is 1. The number of benzene rings is 4. The van der Waals surface area contributed by atoms with Crippen LogP contribution < -0.4 is 9.64 Å². The molecule has 3 heterocycles. The van der Waals surface area contributed by atoms with Gasteiger partial charge in [0, 0.05) is 61.9 Å². The van der Waals surface area contributed by atoms with E-state index in [1.54, 1.807) is 54.5 Å². The fraction of sp³-hybridized carbons (Fsp3) is 0.295. The Morgan fingerprint density at radius 1 is 0.982 bits per heavy atom. The first kappa shape index (κ1) is 37.7. The van der Waals surface area contributed by atoms with Crippen LogP contribution in [0.4, 0.5) is 5.69 Å². The second kappa shape index (κ2) is 16.0. The van der Waals surface area contributed by atoms with E-state index in [-0.39, 0.29) is 40.7 Å². The molecule has 2 aliphatic heterocycles. The van der Waals surface area contributed by atoms with E-state index in [0.29, 0.717) is 72.2 Å². The van der Waals surface area contributed by atoms with E-state index in [1.807, 2.05) is 60.7 Å². The Morgan fingerprint density at radius 3 is 2.42 bits per heavy atom. The van der Waals surface area contributed by atoms with Gasteiger partial charge in [-0.25, -0.2) is 0 Å². The number of phenolic OH excluding ortho intramolecular Hbond substituents is 1. The lowest BCUT2D eigenvalue weighted by molar-refractivity contribution is 0.0193. The second-order valence-electron chi connectivity index (χ2n) is 14.2. The number of amides is 2. The number of ether oxygens (including phenoxy) is 2. The molecule has 0 saturated carbocycles. The van der Waals surface area contributed by atoms with Crippen LogP contribution in [0.3, 0.4) is 0 Å². The number of nitrogens with zero attached hydrogens (tertiary/aromatic N) is 5. The van der Waals surface area contributed by atoms with Crippen LogP contribution in [0.1, 0.15) is 54.2 Å². The van der Waals surface area contributed by atoms with Crippen LogP contribution in [-0.2, 0) is 31.3 Å². The number of aromatic hydroxyl groups is 1. The molecule has 0 radical (unpaired) electrons. The Kier molecular flexibility index (Phi) is 11.0. The van der Waals surface area contributed by atoms with Crippen molar-refractivity contribution in [2.45, 2.75) is 39.4 Å². The molecule has 0 unspecified atom stereocenters. The van der Waals surface area contributed by atoms with Gasteiger partial charge in [-0.2, -0.15) is 5.26 Å². The van der Waals surface area contributed by atoms with E-state index in [2.05, 4.69) is 23.1 Å². The monoisotopic (exact) mass is 757 g/mol. The fourth-order valence-electron chi connectivity index (χ4n) is 7.73. The summed E-state index contributed by atoms with van der Waals surface area (Å²) >= 11 is 6.72. The summed E-state index contributed by atoms with van der Waals surface area (Å²) in [6.45, 7) is 8.08. The van der Waals surface area contributed by atoms with Crippen molar-refractivity contribution in [1.82, 2.24) is 14.4 Å². The molecule has 2 aliphatic rings. The second-order valence-corrected chi connectivity index (χ2v) is 14.6. The lowest BCUT2D eigenvalue weighted by Crippen LogP contribution is -2.52. The van der Waals surface area contributed by atoms with E-state index in [4.69, 9.17) is 21.1 Å². The van der Waals surface area contributed by atoms with Crippen LogP contribution in [0, 0.1) is 25.2 Å². The number of carbonyl (C=O) groups excluding carboxylic acids is 2. The molecule has 5 aromatic rings. The highest BCUT2D eigenvalue weighted by Crippen LogP contribution is 2.36. The largest absolute Gasteiger partial charge is 0.508 e. The van der Waals surface area contributed by atoms with Crippen molar-refractivity contribution in [3.63, 3.8) is 0 Å². The highest BCUT2D eigenvalue weighted by molar-refractivity contribution is 6.32. The molecule has 282 valence electrons. The van der Waals surface area contributed by atoms with Crippen molar-refractivity contribution in [2.24, 2.45) is 7.05 Å². The number of methoxy groups -OCH3 is 1. The quantitative estimate of drug-likeness (QED) is 0.168. The predicted molar refractivity (Wildman–Crippen MR) is 213 cm³/mol. The number of fused-ring (bicyclic) bond motifs is 1. The van der Waals surface area contributed by atoms with Crippen LogP contribution in [0.25, 0.3) is 11.3 Å². The minimum Gasteiger partial charge on any atom is -0.508 e. The van der Waals surface area contributed by atoms with Crippen molar-refractivity contribution in [3.05, 3.63) is 135 Å². The van der Waals surface area contributed by atoms with Gasteiger partial charge in [0.25, 0.3) is 11.8 Å². The molecular formula is C44H44ClN5O5. The Morgan fingerprint density at radius 2 is 1.71 bits per heavy atom. The molecular weight excluding hydrogens is 714 g/mol. The number of phenols is 1. The van der Waals surface area contributed by atoms with E-state index < -0.39 is 0 Å². The van der Waals surface area contributed by atoms with E-state index in [1.165, 1.54) is 5.56 Å².